The van der Waals surface area contributed by atoms with Crippen molar-refractivity contribution in [3.05, 3.63) is 71.3 Å². The molecule has 0 radical (unpaired) electrons. The third-order valence-electron chi connectivity index (χ3n) is 2.96. The normalized spacial score (nSPS) is 12.4. The van der Waals surface area contributed by atoms with Gasteiger partial charge in [0.25, 0.3) is 0 Å². The lowest BCUT2D eigenvalue weighted by Crippen LogP contribution is -2.14. The van der Waals surface area contributed by atoms with E-state index in [4.69, 9.17) is 5.14 Å². The summed E-state index contributed by atoms with van der Waals surface area (Å²) in [5.74, 6) is 0. The highest BCUT2D eigenvalue weighted by molar-refractivity contribution is 7.89. The van der Waals surface area contributed by atoms with Gasteiger partial charge in [-0.1, -0.05) is 60.2 Å². The van der Waals surface area contributed by atoms with Gasteiger partial charge in [0.15, 0.2) is 0 Å². The van der Waals surface area contributed by atoms with Crippen molar-refractivity contribution in [3.8, 4) is 0 Å². The number of hydrogen-bond acceptors (Lipinski definition) is 2. The van der Waals surface area contributed by atoms with Gasteiger partial charge in [0, 0.05) is 0 Å². The van der Waals surface area contributed by atoms with Gasteiger partial charge in [-0.25, -0.2) is 13.6 Å². The van der Waals surface area contributed by atoms with Crippen LogP contribution >= 0.6 is 0 Å². The van der Waals surface area contributed by atoms with E-state index in [0.29, 0.717) is 6.42 Å². The van der Waals surface area contributed by atoms with Gasteiger partial charge >= 0.3 is 0 Å². The van der Waals surface area contributed by atoms with Gasteiger partial charge in [-0.05, 0) is 30.5 Å². The second-order valence-corrected chi connectivity index (χ2v) is 6.26. The molecule has 0 aromatic heterocycles. The molecule has 0 amide bonds. The molecule has 2 rings (SSSR count). The predicted molar refractivity (Wildman–Crippen MR) is 81.6 cm³/mol. The molecule has 0 atom stereocenters. The molecule has 104 valence electrons. The van der Waals surface area contributed by atoms with Crippen LogP contribution in [0, 0.1) is 0 Å². The molecule has 0 unspecified atom stereocenters. The summed E-state index contributed by atoms with van der Waals surface area (Å²) in [6, 6.07) is 16.8. The largest absolute Gasteiger partial charge is 0.238 e. The van der Waals surface area contributed by atoms with Crippen LogP contribution in [-0.2, 0) is 16.4 Å². The average Bonchev–Trinajstić information content (AvgIpc) is 2.39. The van der Waals surface area contributed by atoms with Crippen LogP contribution in [0.3, 0.4) is 0 Å². The quantitative estimate of drug-likeness (QED) is 0.939. The molecule has 4 heteroatoms. The fourth-order valence-electron chi connectivity index (χ4n) is 2.11. The maximum Gasteiger partial charge on any atom is 0.238 e. The van der Waals surface area contributed by atoms with Crippen molar-refractivity contribution in [1.29, 1.82) is 0 Å². The molecule has 0 saturated heterocycles. The van der Waals surface area contributed by atoms with E-state index in [2.05, 4.69) is 0 Å². The van der Waals surface area contributed by atoms with Gasteiger partial charge in [-0.3, -0.25) is 0 Å². The van der Waals surface area contributed by atoms with Crippen LogP contribution in [0.15, 0.2) is 65.1 Å². The van der Waals surface area contributed by atoms with E-state index in [1.165, 1.54) is 0 Å². The Bertz CT molecular complexity index is 719. The molecule has 2 aromatic carbocycles. The van der Waals surface area contributed by atoms with Crippen molar-refractivity contribution in [2.24, 2.45) is 5.14 Å². The van der Waals surface area contributed by atoms with Crippen LogP contribution in [0.4, 0.5) is 0 Å². The fraction of sp³-hybridized carbons (Fsp3) is 0.125. The number of benzene rings is 2. The lowest BCUT2D eigenvalue weighted by atomic mass is 10.0. The summed E-state index contributed by atoms with van der Waals surface area (Å²) in [6.07, 6.45) is 2.60. The number of hydrogen-bond donors (Lipinski definition) is 1. The van der Waals surface area contributed by atoms with E-state index < -0.39 is 10.0 Å². The lowest BCUT2D eigenvalue weighted by Gasteiger charge is -2.08. The second kappa shape index (κ2) is 6.03. The first kappa shape index (κ1) is 14.5. The van der Waals surface area contributed by atoms with Crippen LogP contribution in [-0.4, -0.2) is 8.42 Å². The molecule has 0 aliphatic carbocycles. The highest BCUT2D eigenvalue weighted by Gasteiger charge is 2.12. The van der Waals surface area contributed by atoms with E-state index in [-0.39, 0.29) is 4.90 Å². The Labute approximate surface area is 119 Å². The van der Waals surface area contributed by atoms with Crippen molar-refractivity contribution in [2.75, 3.05) is 0 Å². The van der Waals surface area contributed by atoms with Crippen LogP contribution in [0.2, 0.25) is 0 Å². The molecule has 0 aliphatic heterocycles. The number of nitrogens with two attached hydrogens (primary N) is 1. The second-order valence-electron chi connectivity index (χ2n) is 4.73. The van der Waals surface area contributed by atoms with Gasteiger partial charge in [0.2, 0.25) is 10.0 Å². The van der Waals surface area contributed by atoms with Crippen molar-refractivity contribution in [3.63, 3.8) is 0 Å². The van der Waals surface area contributed by atoms with Crippen LogP contribution in [0.1, 0.15) is 18.1 Å². The maximum absolute atomic E-state index is 11.6. The van der Waals surface area contributed by atoms with Gasteiger partial charge in [0.05, 0.1) is 4.90 Å². The minimum atomic E-state index is -3.68. The Hall–Kier alpha value is -1.91. The fourth-order valence-corrected chi connectivity index (χ4v) is 2.89. The Morgan fingerprint density at radius 3 is 2.30 bits per heavy atom. The Kier molecular flexibility index (Phi) is 4.37. The number of primary sulfonamides is 1. The third-order valence-corrected chi connectivity index (χ3v) is 3.97. The minimum Gasteiger partial charge on any atom is -0.225 e. The van der Waals surface area contributed by atoms with E-state index in [0.717, 1.165) is 16.7 Å². The average molecular weight is 287 g/mol. The highest BCUT2D eigenvalue weighted by Crippen LogP contribution is 2.18. The van der Waals surface area contributed by atoms with Gasteiger partial charge in [-0.2, -0.15) is 0 Å². The van der Waals surface area contributed by atoms with E-state index >= 15 is 0 Å². The molecule has 3 nitrogen and oxygen atoms in total. The molecule has 0 saturated carbocycles. The molecule has 2 N–H and O–H groups in total. The zero-order valence-electron chi connectivity index (χ0n) is 11.3. The van der Waals surface area contributed by atoms with Gasteiger partial charge in [0.1, 0.15) is 0 Å². The zero-order chi connectivity index (χ0) is 14.6. The minimum absolute atomic E-state index is 0.195. The topological polar surface area (TPSA) is 60.2 Å². The Balaban J connectivity index is 2.29. The summed E-state index contributed by atoms with van der Waals surface area (Å²) in [5, 5.41) is 5.24. The zero-order valence-corrected chi connectivity index (χ0v) is 12.1. The molecule has 0 heterocycles. The molecular weight excluding hydrogens is 270 g/mol. The van der Waals surface area contributed by atoms with Crippen molar-refractivity contribution in [1.82, 2.24) is 0 Å². The van der Waals surface area contributed by atoms with Crippen LogP contribution in [0.25, 0.3) is 6.08 Å². The summed E-state index contributed by atoms with van der Waals surface area (Å²) in [4.78, 5) is 0.195. The summed E-state index contributed by atoms with van der Waals surface area (Å²) >= 11 is 0. The van der Waals surface area contributed by atoms with E-state index in [9.17, 15) is 8.42 Å². The highest BCUT2D eigenvalue weighted by atomic mass is 32.2. The molecule has 2 aromatic rings. The lowest BCUT2D eigenvalue weighted by molar-refractivity contribution is 0.597. The first-order valence-electron chi connectivity index (χ1n) is 6.30. The van der Waals surface area contributed by atoms with Crippen LogP contribution < -0.4 is 5.14 Å². The number of allylic oxidation sites excluding steroid dienone is 1. The van der Waals surface area contributed by atoms with Crippen molar-refractivity contribution >= 4 is 16.1 Å². The molecule has 0 bridgehead atoms. The number of sulfonamides is 1. The monoisotopic (exact) mass is 287 g/mol. The SMILES string of the molecule is C/C(=C\c1ccccc1)Cc1ccccc1S(N)(=O)=O. The molecular formula is C16H17NO2S. The van der Waals surface area contributed by atoms with Gasteiger partial charge in [-0.15, -0.1) is 0 Å². The first-order chi connectivity index (χ1) is 9.47. The Morgan fingerprint density at radius 1 is 1.05 bits per heavy atom. The molecule has 20 heavy (non-hydrogen) atoms. The summed E-state index contributed by atoms with van der Waals surface area (Å²) in [6.45, 7) is 1.98. The summed E-state index contributed by atoms with van der Waals surface area (Å²) in [7, 11) is -3.68. The van der Waals surface area contributed by atoms with Crippen LogP contribution in [0.5, 0.6) is 0 Å². The maximum atomic E-state index is 11.6. The molecule has 0 aliphatic rings. The van der Waals surface area contributed by atoms with E-state index in [1.54, 1.807) is 18.2 Å². The summed E-state index contributed by atoms with van der Waals surface area (Å²) < 4.78 is 23.1. The Morgan fingerprint density at radius 2 is 1.65 bits per heavy atom. The summed E-state index contributed by atoms with van der Waals surface area (Å²) in [5.41, 5.74) is 2.89. The van der Waals surface area contributed by atoms with E-state index in [1.807, 2.05) is 49.4 Å². The number of rotatable bonds is 4. The van der Waals surface area contributed by atoms with Crippen molar-refractivity contribution < 1.29 is 8.42 Å². The standard InChI is InChI=1S/C16H17NO2S/c1-13(11-14-7-3-2-4-8-14)12-15-9-5-6-10-16(15)20(17,18)19/h2-11H,12H2,1H3,(H2,17,18,19)/b13-11+. The first-order valence-corrected chi connectivity index (χ1v) is 7.84. The van der Waals surface area contributed by atoms with Gasteiger partial charge < -0.3 is 0 Å². The van der Waals surface area contributed by atoms with Crippen molar-refractivity contribution in [2.45, 2.75) is 18.2 Å². The molecule has 0 fully saturated rings. The molecule has 0 spiro atoms. The smallest absolute Gasteiger partial charge is 0.225 e. The third kappa shape index (κ3) is 3.79. The predicted octanol–water partition coefficient (Wildman–Crippen LogP) is 2.98.